The molecular weight excluding hydrogens is 325 g/mol. The Kier molecular flexibility index (Phi) is 4.18. The topological polar surface area (TPSA) is 82.2 Å². The third-order valence-electron chi connectivity index (χ3n) is 3.63. The van der Waals surface area contributed by atoms with E-state index in [-0.39, 0.29) is 11.4 Å². The molecule has 1 aliphatic heterocycles. The smallest absolute Gasteiger partial charge is 0.422 e. The number of fused-ring (bicyclic) bond motifs is 1. The monoisotopic (exact) mass is 340 g/mol. The summed E-state index contributed by atoms with van der Waals surface area (Å²) in [5, 5.41) is 3.15. The van der Waals surface area contributed by atoms with Crippen LogP contribution < -0.4 is 15.8 Å². The Morgan fingerprint density at radius 3 is 2.67 bits per heavy atom. The summed E-state index contributed by atoms with van der Waals surface area (Å²) in [6.45, 7) is 0.485. The molecule has 1 aromatic heterocycles. The fourth-order valence-corrected chi connectivity index (χ4v) is 2.59. The average molecular weight is 340 g/mol. The number of rotatable bonds is 4. The third-order valence-corrected chi connectivity index (χ3v) is 3.63. The summed E-state index contributed by atoms with van der Waals surface area (Å²) < 4.78 is 43.1. The van der Waals surface area contributed by atoms with Gasteiger partial charge in [-0.1, -0.05) is 0 Å². The Morgan fingerprint density at radius 2 is 2.04 bits per heavy atom. The summed E-state index contributed by atoms with van der Waals surface area (Å²) in [6.07, 6.45) is -4.38. The Balaban J connectivity index is 1.88. The molecule has 0 spiro atoms. The van der Waals surface area contributed by atoms with Crippen LogP contribution >= 0.6 is 0 Å². The molecule has 0 bridgehead atoms. The molecule has 0 radical (unpaired) electrons. The lowest BCUT2D eigenvalue weighted by molar-refractivity contribution is -0.153. The quantitative estimate of drug-likeness (QED) is 0.887. The highest BCUT2D eigenvalue weighted by Gasteiger charge is 2.28. The molecule has 0 saturated carbocycles. The summed E-state index contributed by atoms with van der Waals surface area (Å²) in [6, 6.07) is 6.09. The van der Waals surface area contributed by atoms with Gasteiger partial charge >= 0.3 is 6.18 Å². The van der Waals surface area contributed by atoms with Gasteiger partial charge in [-0.2, -0.15) is 13.2 Å². The van der Waals surface area contributed by atoms with Crippen molar-refractivity contribution in [3.8, 4) is 17.1 Å². The largest absolute Gasteiger partial charge is 0.484 e. The number of hydrogen-bond acceptors (Lipinski definition) is 4. The molecule has 9 heteroatoms. The number of nitrogens with one attached hydrogen (secondary N) is 1. The fourth-order valence-electron chi connectivity index (χ4n) is 2.59. The number of carbonyl (C=O) groups is 1. The van der Waals surface area contributed by atoms with E-state index in [1.165, 1.54) is 12.1 Å². The number of halogens is 3. The van der Waals surface area contributed by atoms with Crippen LogP contribution in [0.3, 0.4) is 0 Å². The second-order valence-corrected chi connectivity index (χ2v) is 5.35. The lowest BCUT2D eigenvalue weighted by Crippen LogP contribution is -2.30. The fraction of sp³-hybridized carbons (Fsp3) is 0.333. The number of nitrogens with two attached hydrogens (primary N) is 1. The van der Waals surface area contributed by atoms with Gasteiger partial charge in [0.2, 0.25) is 0 Å². The third kappa shape index (κ3) is 3.35. The van der Waals surface area contributed by atoms with Crippen LogP contribution in [0.25, 0.3) is 11.4 Å². The number of nitrogens with zero attached hydrogens (tertiary/aromatic N) is 2. The molecule has 3 N–H and O–H groups in total. The van der Waals surface area contributed by atoms with Crippen LogP contribution in [-0.4, -0.2) is 34.8 Å². The van der Waals surface area contributed by atoms with Crippen molar-refractivity contribution in [3.05, 3.63) is 35.7 Å². The summed E-state index contributed by atoms with van der Waals surface area (Å²) in [7, 11) is 0. The Morgan fingerprint density at radius 1 is 1.33 bits per heavy atom. The van der Waals surface area contributed by atoms with Gasteiger partial charge in [0.05, 0.1) is 5.69 Å². The van der Waals surface area contributed by atoms with Crippen LogP contribution in [0.1, 0.15) is 16.2 Å². The van der Waals surface area contributed by atoms with Crippen LogP contribution in [0.15, 0.2) is 24.3 Å². The zero-order valence-corrected chi connectivity index (χ0v) is 12.6. The number of ether oxygens (including phenoxy) is 1. The first-order valence-electron chi connectivity index (χ1n) is 7.25. The lowest BCUT2D eigenvalue weighted by atomic mass is 10.2. The number of carbonyl (C=O) groups excluding carboxylic acids is 1. The van der Waals surface area contributed by atoms with Gasteiger partial charge in [-0.15, -0.1) is 0 Å². The molecule has 1 amide bonds. The second kappa shape index (κ2) is 6.16. The molecular formula is C15H15F3N4O2. The van der Waals surface area contributed by atoms with Gasteiger partial charge in [0.25, 0.3) is 5.91 Å². The van der Waals surface area contributed by atoms with E-state index < -0.39 is 18.7 Å². The van der Waals surface area contributed by atoms with E-state index in [0.29, 0.717) is 30.2 Å². The maximum absolute atomic E-state index is 12.2. The van der Waals surface area contributed by atoms with Gasteiger partial charge in [-0.25, -0.2) is 4.98 Å². The first-order chi connectivity index (χ1) is 11.3. The second-order valence-electron chi connectivity index (χ2n) is 5.35. The molecule has 6 nitrogen and oxygen atoms in total. The van der Waals surface area contributed by atoms with Crippen LogP contribution in [0.2, 0.25) is 0 Å². The van der Waals surface area contributed by atoms with Crippen LogP contribution in [-0.2, 0) is 13.1 Å². The van der Waals surface area contributed by atoms with Crippen LogP contribution in [0.4, 0.5) is 13.2 Å². The zero-order valence-electron chi connectivity index (χ0n) is 12.6. The van der Waals surface area contributed by atoms with E-state index in [1.54, 1.807) is 12.1 Å². The number of hydrogen-bond donors (Lipinski definition) is 2. The number of alkyl halides is 3. The van der Waals surface area contributed by atoms with E-state index in [4.69, 9.17) is 5.73 Å². The lowest BCUT2D eigenvalue weighted by Gasteiger charge is -2.18. The van der Waals surface area contributed by atoms with Crippen molar-refractivity contribution in [1.82, 2.24) is 14.9 Å². The zero-order chi connectivity index (χ0) is 17.3. The van der Waals surface area contributed by atoms with Gasteiger partial charge in [0, 0.05) is 25.2 Å². The Labute approximate surface area is 135 Å². The van der Waals surface area contributed by atoms with Gasteiger partial charge in [-0.05, 0) is 24.3 Å². The summed E-state index contributed by atoms with van der Waals surface area (Å²) in [4.78, 5) is 15.8. The molecule has 1 aliphatic rings. The highest BCUT2D eigenvalue weighted by Crippen LogP contribution is 2.26. The van der Waals surface area contributed by atoms with Crippen molar-refractivity contribution in [2.24, 2.45) is 5.73 Å². The molecule has 0 atom stereocenters. The molecule has 0 unspecified atom stereocenters. The van der Waals surface area contributed by atoms with Crippen molar-refractivity contribution in [1.29, 1.82) is 0 Å². The van der Waals surface area contributed by atoms with Gasteiger partial charge in [0.15, 0.2) is 12.3 Å². The van der Waals surface area contributed by atoms with Gasteiger partial charge < -0.3 is 20.4 Å². The van der Waals surface area contributed by atoms with E-state index in [0.717, 1.165) is 6.54 Å². The minimum atomic E-state index is -4.38. The van der Waals surface area contributed by atoms with Crippen LogP contribution in [0.5, 0.6) is 5.75 Å². The number of imidazole rings is 1. The van der Waals surface area contributed by atoms with Crippen molar-refractivity contribution in [2.45, 2.75) is 19.3 Å². The first kappa shape index (κ1) is 16.3. The van der Waals surface area contributed by atoms with Gasteiger partial charge in [0.1, 0.15) is 11.6 Å². The summed E-state index contributed by atoms with van der Waals surface area (Å²) in [5.41, 5.74) is 6.95. The SMILES string of the molecule is NC(=O)c1nc(-c2ccc(OCC(F)(F)F)cc2)n2c1CNCC2. The van der Waals surface area contributed by atoms with E-state index >= 15 is 0 Å². The molecule has 0 aliphatic carbocycles. The predicted molar refractivity (Wildman–Crippen MR) is 79.4 cm³/mol. The highest BCUT2D eigenvalue weighted by molar-refractivity contribution is 5.93. The van der Waals surface area contributed by atoms with Crippen molar-refractivity contribution in [2.75, 3.05) is 13.2 Å². The molecule has 1 aromatic carbocycles. The maximum Gasteiger partial charge on any atom is 0.422 e. The number of amides is 1. The Bertz CT molecular complexity index is 753. The van der Waals surface area contributed by atoms with E-state index in [1.807, 2.05) is 4.57 Å². The minimum Gasteiger partial charge on any atom is -0.484 e. The van der Waals surface area contributed by atoms with Crippen molar-refractivity contribution >= 4 is 5.91 Å². The molecule has 128 valence electrons. The molecule has 3 rings (SSSR count). The minimum absolute atomic E-state index is 0.110. The maximum atomic E-state index is 12.2. The predicted octanol–water partition coefficient (Wildman–Crippen LogP) is 1.69. The average Bonchev–Trinajstić information content (AvgIpc) is 2.93. The van der Waals surface area contributed by atoms with Crippen LogP contribution in [0, 0.1) is 0 Å². The highest BCUT2D eigenvalue weighted by atomic mass is 19.4. The molecule has 24 heavy (non-hydrogen) atoms. The molecule has 2 heterocycles. The molecule has 0 fully saturated rings. The summed E-state index contributed by atoms with van der Waals surface area (Å²) in [5.74, 6) is 0.0554. The standard InChI is InChI=1S/C15H15F3N4O2/c16-15(17,18)8-24-10-3-1-9(2-4-10)14-21-12(13(19)23)11-7-20-5-6-22(11)14/h1-4,20H,5-8H2,(H2,19,23). The van der Waals surface area contributed by atoms with Crippen molar-refractivity contribution in [3.63, 3.8) is 0 Å². The normalized spacial score (nSPS) is 14.3. The number of benzene rings is 1. The van der Waals surface area contributed by atoms with E-state index in [2.05, 4.69) is 15.0 Å². The number of aromatic nitrogens is 2. The molecule has 2 aromatic rings. The molecule has 0 saturated heterocycles. The first-order valence-corrected chi connectivity index (χ1v) is 7.25. The van der Waals surface area contributed by atoms with E-state index in [9.17, 15) is 18.0 Å². The van der Waals surface area contributed by atoms with Crippen molar-refractivity contribution < 1.29 is 22.7 Å². The summed E-state index contributed by atoms with van der Waals surface area (Å²) >= 11 is 0. The number of primary amides is 1. The Hall–Kier alpha value is -2.55. The van der Waals surface area contributed by atoms with Gasteiger partial charge in [-0.3, -0.25) is 4.79 Å².